The first-order chi connectivity index (χ1) is 7.02. The van der Waals surface area contributed by atoms with E-state index in [-0.39, 0.29) is 17.7 Å². The lowest BCUT2D eigenvalue weighted by atomic mass is 10.5. The summed E-state index contributed by atoms with van der Waals surface area (Å²) in [7, 11) is 1.45. The van der Waals surface area contributed by atoms with E-state index in [1.165, 1.54) is 25.3 Å². The summed E-state index contributed by atoms with van der Waals surface area (Å²) in [4.78, 5) is 35.1. The van der Waals surface area contributed by atoms with Crippen LogP contribution >= 0.6 is 0 Å². The van der Waals surface area contributed by atoms with Gasteiger partial charge in [-0.1, -0.05) is 6.08 Å². The van der Waals surface area contributed by atoms with Crippen LogP contribution in [0.25, 0.3) is 0 Å². The van der Waals surface area contributed by atoms with Crippen molar-refractivity contribution in [2.24, 2.45) is 4.99 Å². The summed E-state index contributed by atoms with van der Waals surface area (Å²) in [6.07, 6.45) is 5.48. The summed E-state index contributed by atoms with van der Waals surface area (Å²) < 4.78 is 0. The lowest BCUT2D eigenvalue weighted by Crippen LogP contribution is -2.24. The van der Waals surface area contributed by atoms with Crippen LogP contribution in [0.4, 0.5) is 0 Å². The fraction of sp³-hybridized carbons (Fsp3) is 0.200. The predicted octanol–water partition coefficient (Wildman–Crippen LogP) is 0.331. The van der Waals surface area contributed by atoms with Crippen LogP contribution < -0.4 is 0 Å². The Morgan fingerprint density at radius 3 is 2.00 bits per heavy atom. The maximum absolute atomic E-state index is 10.4. The van der Waals surface area contributed by atoms with Gasteiger partial charge in [-0.3, -0.25) is 19.3 Å². The van der Waals surface area contributed by atoms with E-state index in [4.69, 9.17) is 0 Å². The monoisotopic (exact) mass is 208 g/mol. The molecule has 1 aliphatic heterocycles. The van der Waals surface area contributed by atoms with Crippen LogP contribution in [-0.4, -0.2) is 36.4 Å². The van der Waals surface area contributed by atoms with E-state index in [1.54, 1.807) is 13.0 Å². The molecule has 1 aliphatic rings. The van der Waals surface area contributed by atoms with Crippen molar-refractivity contribution in [2.75, 3.05) is 7.05 Å². The summed E-state index contributed by atoms with van der Waals surface area (Å²) in [5.74, 6) is -0.771. The quantitative estimate of drug-likeness (QED) is 0.354. The summed E-state index contributed by atoms with van der Waals surface area (Å²) in [6, 6.07) is 0. The lowest BCUT2D eigenvalue weighted by molar-refractivity contribution is -0.135. The Labute approximate surface area is 87.8 Å². The molecule has 1 rings (SSSR count). The molecule has 5 heteroatoms. The molecular formula is C10H12N2O3. The van der Waals surface area contributed by atoms with Gasteiger partial charge in [-0.15, -0.1) is 0 Å². The van der Waals surface area contributed by atoms with Gasteiger partial charge in [0.05, 0.1) is 0 Å². The van der Waals surface area contributed by atoms with Crippen molar-refractivity contribution in [3.05, 3.63) is 24.3 Å². The molecule has 5 nitrogen and oxygen atoms in total. The highest BCUT2D eigenvalue weighted by Crippen LogP contribution is 1.97. The molecule has 0 saturated heterocycles. The van der Waals surface area contributed by atoms with Gasteiger partial charge in [-0.25, -0.2) is 4.99 Å². The maximum Gasteiger partial charge on any atom is 0.268 e. The topological polar surface area (TPSA) is 66.8 Å². The molecule has 15 heavy (non-hydrogen) atoms. The Morgan fingerprint density at radius 1 is 1.40 bits per heavy atom. The Hall–Kier alpha value is -2.04. The standard InChI is InChI=1S/C5H5NO2.C5H7NO/c1-6-4(7)2-3-5(6)8;1-3-4-5(7)6-2/h2-3H,1H3;3-4H,2H2,1H3/b;4-3-. The molecule has 0 fully saturated rings. The summed E-state index contributed by atoms with van der Waals surface area (Å²) in [5, 5.41) is 0. The van der Waals surface area contributed by atoms with Crippen molar-refractivity contribution < 1.29 is 14.4 Å². The molecule has 0 radical (unpaired) electrons. The van der Waals surface area contributed by atoms with Crippen LogP contribution in [0.2, 0.25) is 0 Å². The average molecular weight is 208 g/mol. The van der Waals surface area contributed by atoms with Crippen molar-refractivity contribution in [1.82, 2.24) is 4.90 Å². The molecule has 0 aromatic carbocycles. The van der Waals surface area contributed by atoms with Gasteiger partial charge in [0, 0.05) is 25.3 Å². The number of carbonyl (C=O) groups excluding carboxylic acids is 3. The molecule has 80 valence electrons. The zero-order valence-corrected chi connectivity index (χ0v) is 8.64. The molecule has 0 saturated carbocycles. The summed E-state index contributed by atoms with van der Waals surface area (Å²) in [5.41, 5.74) is 0. The van der Waals surface area contributed by atoms with E-state index in [1.807, 2.05) is 0 Å². The third-order valence-electron chi connectivity index (χ3n) is 1.49. The maximum atomic E-state index is 10.4. The first-order valence-electron chi connectivity index (χ1n) is 4.16. The van der Waals surface area contributed by atoms with E-state index in [2.05, 4.69) is 11.7 Å². The number of hydrogen-bond donors (Lipinski definition) is 0. The van der Waals surface area contributed by atoms with E-state index in [0.717, 1.165) is 4.90 Å². The highest BCUT2D eigenvalue weighted by atomic mass is 16.2. The Kier molecular flexibility index (Phi) is 5.55. The van der Waals surface area contributed by atoms with Gasteiger partial charge in [-0.05, 0) is 13.6 Å². The van der Waals surface area contributed by atoms with Crippen LogP contribution in [-0.2, 0) is 14.4 Å². The van der Waals surface area contributed by atoms with Crippen molar-refractivity contribution in [3.8, 4) is 0 Å². The molecule has 0 unspecified atom stereocenters. The van der Waals surface area contributed by atoms with Gasteiger partial charge in [0.1, 0.15) is 0 Å². The van der Waals surface area contributed by atoms with Crippen molar-refractivity contribution in [3.63, 3.8) is 0 Å². The van der Waals surface area contributed by atoms with Crippen molar-refractivity contribution in [1.29, 1.82) is 0 Å². The predicted molar refractivity (Wildman–Crippen MR) is 56.3 cm³/mol. The normalized spacial score (nSPS) is 14.1. The minimum Gasteiger partial charge on any atom is -0.279 e. The number of hydrogen-bond acceptors (Lipinski definition) is 3. The number of nitrogens with zero attached hydrogens (tertiary/aromatic N) is 2. The number of rotatable bonds is 1. The number of carbonyl (C=O) groups is 3. The van der Waals surface area contributed by atoms with Crippen LogP contribution in [0, 0.1) is 0 Å². The second-order valence-corrected chi connectivity index (χ2v) is 2.57. The highest BCUT2D eigenvalue weighted by Gasteiger charge is 2.17. The Bertz CT molecular complexity index is 325. The third kappa shape index (κ3) is 4.66. The SMILES string of the molecule is C=NC(=O)/C=C\C.CN1C(=O)C=CC1=O. The molecular weight excluding hydrogens is 196 g/mol. The van der Waals surface area contributed by atoms with Gasteiger partial charge in [0.25, 0.3) is 17.7 Å². The van der Waals surface area contributed by atoms with E-state index in [9.17, 15) is 14.4 Å². The summed E-state index contributed by atoms with van der Waals surface area (Å²) >= 11 is 0. The summed E-state index contributed by atoms with van der Waals surface area (Å²) in [6.45, 7) is 4.78. The molecule has 0 atom stereocenters. The van der Waals surface area contributed by atoms with Crippen molar-refractivity contribution in [2.45, 2.75) is 6.92 Å². The Balaban J connectivity index is 0.000000265. The average Bonchev–Trinajstić information content (AvgIpc) is 2.51. The molecule has 0 spiro atoms. The second-order valence-electron chi connectivity index (χ2n) is 2.57. The zero-order chi connectivity index (χ0) is 11.8. The number of amides is 3. The number of imide groups is 1. The smallest absolute Gasteiger partial charge is 0.268 e. The van der Waals surface area contributed by atoms with Crippen LogP contribution in [0.5, 0.6) is 0 Å². The van der Waals surface area contributed by atoms with E-state index >= 15 is 0 Å². The number of likely N-dealkylation sites (N-methyl/N-ethyl adjacent to an activating group) is 1. The highest BCUT2D eigenvalue weighted by molar-refractivity contribution is 6.12. The number of allylic oxidation sites excluding steroid dienone is 1. The van der Waals surface area contributed by atoms with E-state index in [0.29, 0.717) is 0 Å². The van der Waals surface area contributed by atoms with E-state index < -0.39 is 0 Å². The first-order valence-corrected chi connectivity index (χ1v) is 4.16. The minimum atomic E-state index is -0.289. The van der Waals surface area contributed by atoms with Crippen LogP contribution in [0.1, 0.15) is 6.92 Å². The molecule has 0 aromatic rings. The molecule has 1 heterocycles. The molecule has 0 N–H and O–H groups in total. The Morgan fingerprint density at radius 2 is 1.87 bits per heavy atom. The second kappa shape index (κ2) is 6.42. The largest absolute Gasteiger partial charge is 0.279 e. The van der Waals surface area contributed by atoms with Gasteiger partial charge >= 0.3 is 0 Å². The first kappa shape index (κ1) is 13.0. The fourth-order valence-electron chi connectivity index (χ4n) is 0.670. The third-order valence-corrected chi connectivity index (χ3v) is 1.49. The van der Waals surface area contributed by atoms with Gasteiger partial charge in [-0.2, -0.15) is 0 Å². The lowest BCUT2D eigenvalue weighted by Gasteiger charge is -2.01. The van der Waals surface area contributed by atoms with Gasteiger partial charge in [0.15, 0.2) is 0 Å². The molecule has 0 aromatic heterocycles. The molecule has 0 bridgehead atoms. The molecule has 0 aliphatic carbocycles. The van der Waals surface area contributed by atoms with Gasteiger partial charge < -0.3 is 0 Å². The fourth-order valence-corrected chi connectivity index (χ4v) is 0.670. The zero-order valence-electron chi connectivity index (χ0n) is 8.64. The van der Waals surface area contributed by atoms with Crippen LogP contribution in [0.15, 0.2) is 29.3 Å². The van der Waals surface area contributed by atoms with Gasteiger partial charge in [0.2, 0.25) is 0 Å². The number of aliphatic imine (C=N–C) groups is 1. The minimum absolute atomic E-state index is 0.241. The van der Waals surface area contributed by atoms with Crippen molar-refractivity contribution >= 4 is 24.4 Å². The molecule has 3 amide bonds. The van der Waals surface area contributed by atoms with Crippen LogP contribution in [0.3, 0.4) is 0 Å².